The Balaban J connectivity index is 1.44. The number of anilines is 1. The van der Waals surface area contributed by atoms with Crippen LogP contribution in [0.25, 0.3) is 6.08 Å². The third kappa shape index (κ3) is 4.88. The fourth-order valence-electron chi connectivity index (χ4n) is 4.11. The van der Waals surface area contributed by atoms with Gasteiger partial charge in [0, 0.05) is 18.1 Å². The molecule has 1 amide bonds. The maximum atomic E-state index is 12.6. The minimum Gasteiger partial charge on any atom is -0.497 e. The molecule has 0 fully saturated rings. The molecule has 0 spiro atoms. The first kappa shape index (κ1) is 23.0. The number of aromatic nitrogens is 3. The summed E-state index contributed by atoms with van der Waals surface area (Å²) in [5.41, 5.74) is 3.77. The van der Waals surface area contributed by atoms with Gasteiger partial charge in [0.2, 0.25) is 0 Å². The summed E-state index contributed by atoms with van der Waals surface area (Å²) in [5.74, 6) is 1.74. The van der Waals surface area contributed by atoms with Crippen molar-refractivity contribution in [3.05, 3.63) is 102 Å². The number of methoxy groups -OCH3 is 2. The van der Waals surface area contributed by atoms with Crippen LogP contribution in [-0.4, -0.2) is 40.6 Å². The largest absolute Gasteiger partial charge is 0.497 e. The van der Waals surface area contributed by atoms with Gasteiger partial charge in [0.15, 0.2) is 0 Å². The molecule has 1 N–H and O–H groups in total. The standard InChI is InChI=1S/C28H25N5O3/c1-35-22-15-12-20(13-16-22)24-18-23(19-8-4-3-5-9-19)29-28-31-27(32-33(24)28)30-26(34)17-14-21-10-6-7-11-25(21)36-2/h3-17,24H,18H2,1-2H3,(H,30,32,34)/b17-14+. The van der Waals surface area contributed by atoms with E-state index in [1.165, 1.54) is 6.08 Å². The van der Waals surface area contributed by atoms with Crippen LogP contribution in [0.4, 0.5) is 11.9 Å². The van der Waals surface area contributed by atoms with Crippen molar-refractivity contribution in [1.29, 1.82) is 0 Å². The number of fused-ring (bicyclic) bond motifs is 1. The van der Waals surface area contributed by atoms with Gasteiger partial charge < -0.3 is 9.47 Å². The number of hydrogen-bond donors (Lipinski definition) is 1. The zero-order valence-corrected chi connectivity index (χ0v) is 20.0. The quantitative estimate of drug-likeness (QED) is 0.374. The van der Waals surface area contributed by atoms with Gasteiger partial charge in [0.1, 0.15) is 11.5 Å². The molecule has 8 heteroatoms. The van der Waals surface area contributed by atoms with Crippen molar-refractivity contribution in [1.82, 2.24) is 14.8 Å². The number of carbonyl (C=O) groups is 1. The smallest absolute Gasteiger partial charge is 0.250 e. The van der Waals surface area contributed by atoms with E-state index < -0.39 is 0 Å². The third-order valence-corrected chi connectivity index (χ3v) is 5.93. The summed E-state index contributed by atoms with van der Waals surface area (Å²) in [6.07, 6.45) is 3.75. The maximum absolute atomic E-state index is 12.6. The lowest BCUT2D eigenvalue weighted by Gasteiger charge is -2.23. The number of carbonyl (C=O) groups excluding carboxylic acids is 1. The minimum atomic E-state index is -0.350. The first-order valence-electron chi connectivity index (χ1n) is 11.5. The van der Waals surface area contributed by atoms with E-state index in [0.717, 1.165) is 28.2 Å². The highest BCUT2D eigenvalue weighted by molar-refractivity contribution is 6.03. The third-order valence-electron chi connectivity index (χ3n) is 5.93. The molecule has 1 aromatic heterocycles. The normalized spacial score (nSPS) is 14.7. The van der Waals surface area contributed by atoms with Crippen LogP contribution in [0.3, 0.4) is 0 Å². The first-order valence-corrected chi connectivity index (χ1v) is 11.5. The summed E-state index contributed by atoms with van der Waals surface area (Å²) in [5, 5.41) is 7.34. The number of rotatable bonds is 7. The van der Waals surface area contributed by atoms with E-state index in [0.29, 0.717) is 18.1 Å². The molecule has 4 aromatic rings. The average Bonchev–Trinajstić information content (AvgIpc) is 3.34. The van der Waals surface area contributed by atoms with E-state index in [1.54, 1.807) is 25.0 Å². The highest BCUT2D eigenvalue weighted by Crippen LogP contribution is 2.34. The molecule has 1 atom stereocenters. The highest BCUT2D eigenvalue weighted by Gasteiger charge is 2.28. The Bertz CT molecular complexity index is 1430. The Kier molecular flexibility index (Phi) is 6.57. The molecule has 0 saturated carbocycles. The lowest BCUT2D eigenvalue weighted by molar-refractivity contribution is -0.111. The highest BCUT2D eigenvalue weighted by atomic mass is 16.5. The van der Waals surface area contributed by atoms with Gasteiger partial charge in [0.25, 0.3) is 17.8 Å². The predicted molar refractivity (Wildman–Crippen MR) is 139 cm³/mol. The first-order chi connectivity index (χ1) is 17.6. The number of nitrogens with one attached hydrogen (secondary N) is 1. The molecular weight excluding hydrogens is 454 g/mol. The molecule has 2 heterocycles. The van der Waals surface area contributed by atoms with Crippen molar-refractivity contribution in [3.63, 3.8) is 0 Å². The molecule has 1 aliphatic heterocycles. The van der Waals surface area contributed by atoms with Crippen LogP contribution in [0.5, 0.6) is 11.5 Å². The summed E-state index contributed by atoms with van der Waals surface area (Å²) in [7, 11) is 3.23. The lowest BCUT2D eigenvalue weighted by atomic mass is 9.96. The topological polar surface area (TPSA) is 90.6 Å². The molecule has 36 heavy (non-hydrogen) atoms. The van der Waals surface area contributed by atoms with Crippen LogP contribution in [0.1, 0.15) is 29.2 Å². The molecule has 3 aromatic carbocycles. The molecular formula is C28H25N5O3. The van der Waals surface area contributed by atoms with Crippen molar-refractivity contribution in [3.8, 4) is 11.5 Å². The fraction of sp³-hybridized carbons (Fsp3) is 0.143. The number of para-hydroxylation sites is 1. The van der Waals surface area contributed by atoms with Crippen molar-refractivity contribution in [2.24, 2.45) is 4.99 Å². The lowest BCUT2D eigenvalue weighted by Crippen LogP contribution is -2.21. The van der Waals surface area contributed by atoms with Gasteiger partial charge in [0.05, 0.1) is 26.0 Å². The van der Waals surface area contributed by atoms with Gasteiger partial charge in [-0.05, 0) is 35.4 Å². The molecule has 5 rings (SSSR count). The zero-order valence-electron chi connectivity index (χ0n) is 20.0. The van der Waals surface area contributed by atoms with E-state index >= 15 is 0 Å². The Morgan fingerprint density at radius 3 is 2.47 bits per heavy atom. The van der Waals surface area contributed by atoms with E-state index in [1.807, 2.05) is 78.9 Å². The summed E-state index contributed by atoms with van der Waals surface area (Å²) >= 11 is 0. The molecule has 8 nitrogen and oxygen atoms in total. The van der Waals surface area contributed by atoms with E-state index in [-0.39, 0.29) is 17.9 Å². The number of benzene rings is 3. The van der Waals surface area contributed by atoms with Crippen molar-refractivity contribution < 1.29 is 14.3 Å². The number of nitrogens with zero attached hydrogens (tertiary/aromatic N) is 4. The number of amides is 1. The maximum Gasteiger partial charge on any atom is 0.250 e. The predicted octanol–water partition coefficient (Wildman–Crippen LogP) is 5.06. The van der Waals surface area contributed by atoms with Gasteiger partial charge in [-0.2, -0.15) is 4.98 Å². The van der Waals surface area contributed by atoms with Crippen LogP contribution >= 0.6 is 0 Å². The summed E-state index contributed by atoms with van der Waals surface area (Å²) < 4.78 is 12.4. The summed E-state index contributed by atoms with van der Waals surface area (Å²) in [6.45, 7) is 0. The van der Waals surface area contributed by atoms with Gasteiger partial charge in [-0.1, -0.05) is 60.7 Å². The summed E-state index contributed by atoms with van der Waals surface area (Å²) in [6, 6.07) is 25.2. The second-order valence-corrected chi connectivity index (χ2v) is 8.16. The Hall–Kier alpha value is -4.72. The van der Waals surface area contributed by atoms with E-state index in [9.17, 15) is 4.79 Å². The van der Waals surface area contributed by atoms with Crippen LogP contribution in [0.15, 0.2) is 89.9 Å². The van der Waals surface area contributed by atoms with Crippen molar-refractivity contribution in [2.75, 3.05) is 19.5 Å². The van der Waals surface area contributed by atoms with Gasteiger partial charge in [-0.15, -0.1) is 5.10 Å². The van der Waals surface area contributed by atoms with E-state index in [2.05, 4.69) is 15.4 Å². The second-order valence-electron chi connectivity index (χ2n) is 8.16. The van der Waals surface area contributed by atoms with Gasteiger partial charge in [-0.3, -0.25) is 10.1 Å². The van der Waals surface area contributed by atoms with Crippen LogP contribution in [0, 0.1) is 0 Å². The molecule has 180 valence electrons. The molecule has 1 aliphatic rings. The van der Waals surface area contributed by atoms with Crippen LogP contribution in [0.2, 0.25) is 0 Å². The second kappa shape index (κ2) is 10.3. The fourth-order valence-corrected chi connectivity index (χ4v) is 4.11. The molecule has 0 bridgehead atoms. The molecule has 0 aliphatic carbocycles. The molecule has 0 saturated heterocycles. The molecule has 0 radical (unpaired) electrons. The number of ether oxygens (including phenoxy) is 2. The molecule has 1 unspecified atom stereocenters. The Labute approximate surface area is 208 Å². The van der Waals surface area contributed by atoms with Crippen LogP contribution < -0.4 is 14.8 Å². The number of hydrogen-bond acceptors (Lipinski definition) is 6. The van der Waals surface area contributed by atoms with Gasteiger partial charge >= 0.3 is 0 Å². The average molecular weight is 480 g/mol. The Morgan fingerprint density at radius 1 is 0.972 bits per heavy atom. The van der Waals surface area contributed by atoms with Crippen LogP contribution in [-0.2, 0) is 4.79 Å². The summed E-state index contributed by atoms with van der Waals surface area (Å²) in [4.78, 5) is 21.9. The van der Waals surface area contributed by atoms with Crippen molar-refractivity contribution in [2.45, 2.75) is 12.5 Å². The zero-order chi connectivity index (χ0) is 24.9. The SMILES string of the molecule is COc1ccc(C2CC(c3ccccc3)=Nc3nc(NC(=O)/C=C/c4ccccc4OC)nn32)cc1. The van der Waals surface area contributed by atoms with Crippen molar-refractivity contribution >= 4 is 29.6 Å². The number of aliphatic imine (C=N–C) groups is 1. The Morgan fingerprint density at radius 2 is 1.72 bits per heavy atom. The van der Waals surface area contributed by atoms with Gasteiger partial charge in [-0.25, -0.2) is 9.67 Å². The monoisotopic (exact) mass is 479 g/mol. The minimum absolute atomic E-state index is 0.138. The van der Waals surface area contributed by atoms with E-state index in [4.69, 9.17) is 14.5 Å².